The third-order valence-corrected chi connectivity index (χ3v) is 1.76. The molecule has 0 aromatic carbocycles. The van der Waals surface area contributed by atoms with Gasteiger partial charge in [0.1, 0.15) is 0 Å². The van der Waals surface area contributed by atoms with Crippen LogP contribution in [0.15, 0.2) is 0 Å². The second-order valence-corrected chi connectivity index (χ2v) is 3.65. The molecular weight excluding hydrogens is 154 g/mol. The molecular formula is C9H19NO2. The number of carboxylic acid groups (broad SMARTS) is 1. The van der Waals surface area contributed by atoms with E-state index in [1.165, 1.54) is 0 Å². The molecule has 0 aliphatic heterocycles. The smallest absolute Gasteiger partial charge is 0.303 e. The van der Waals surface area contributed by atoms with Crippen LogP contribution in [0.1, 0.15) is 26.7 Å². The van der Waals surface area contributed by atoms with Crippen LogP contribution in [0, 0.1) is 11.8 Å². The molecule has 12 heavy (non-hydrogen) atoms. The van der Waals surface area contributed by atoms with Gasteiger partial charge in [-0.2, -0.15) is 0 Å². The van der Waals surface area contributed by atoms with E-state index in [0.29, 0.717) is 5.92 Å². The van der Waals surface area contributed by atoms with E-state index in [0.717, 1.165) is 13.0 Å². The first kappa shape index (κ1) is 11.4. The molecule has 0 radical (unpaired) electrons. The summed E-state index contributed by atoms with van der Waals surface area (Å²) < 4.78 is 0. The highest BCUT2D eigenvalue weighted by atomic mass is 16.4. The van der Waals surface area contributed by atoms with Crippen molar-refractivity contribution in [3.63, 3.8) is 0 Å². The summed E-state index contributed by atoms with van der Waals surface area (Å²) in [5, 5.41) is 11.6. The Balaban J connectivity index is 3.77. The number of carbonyl (C=O) groups is 1. The topological polar surface area (TPSA) is 49.3 Å². The number of hydrogen-bond donors (Lipinski definition) is 2. The first-order chi connectivity index (χ1) is 5.56. The van der Waals surface area contributed by atoms with Crippen LogP contribution in [0.5, 0.6) is 0 Å². The van der Waals surface area contributed by atoms with Crippen molar-refractivity contribution < 1.29 is 9.90 Å². The largest absolute Gasteiger partial charge is 0.481 e. The van der Waals surface area contributed by atoms with Crippen molar-refractivity contribution >= 4 is 5.97 Å². The van der Waals surface area contributed by atoms with Gasteiger partial charge in [-0.3, -0.25) is 4.79 Å². The summed E-state index contributed by atoms with van der Waals surface area (Å²) in [6.07, 6.45) is 1.26. The van der Waals surface area contributed by atoms with E-state index < -0.39 is 5.97 Å². The van der Waals surface area contributed by atoms with Gasteiger partial charge in [0.15, 0.2) is 0 Å². The van der Waals surface area contributed by atoms with Gasteiger partial charge < -0.3 is 10.4 Å². The monoisotopic (exact) mass is 173 g/mol. The molecule has 0 amide bonds. The zero-order valence-corrected chi connectivity index (χ0v) is 8.13. The normalized spacial score (nSPS) is 13.3. The second-order valence-electron chi connectivity index (χ2n) is 3.65. The van der Waals surface area contributed by atoms with Crippen LogP contribution in [0.3, 0.4) is 0 Å². The van der Waals surface area contributed by atoms with Crippen LogP contribution in [0.2, 0.25) is 0 Å². The van der Waals surface area contributed by atoms with Crippen molar-refractivity contribution in [2.24, 2.45) is 11.8 Å². The summed E-state index contributed by atoms with van der Waals surface area (Å²) in [5.74, 6) is 0.145. The summed E-state index contributed by atoms with van der Waals surface area (Å²) in [6.45, 7) is 5.03. The number of carboxylic acids is 1. The fourth-order valence-electron chi connectivity index (χ4n) is 1.44. The third-order valence-electron chi connectivity index (χ3n) is 1.76. The predicted octanol–water partition coefficient (Wildman–Crippen LogP) is 1.34. The second kappa shape index (κ2) is 6.00. The van der Waals surface area contributed by atoms with Crippen molar-refractivity contribution in [2.75, 3.05) is 13.6 Å². The minimum atomic E-state index is -0.698. The average Bonchev–Trinajstić information content (AvgIpc) is 1.84. The zero-order chi connectivity index (χ0) is 9.56. The van der Waals surface area contributed by atoms with Crippen LogP contribution >= 0.6 is 0 Å². The standard InChI is InChI=1S/C9H19NO2/c1-7(2)4-8(6-10-3)5-9(11)12/h7-8,10H,4-6H2,1-3H3,(H,11,12)/t8-/m1/s1. The Morgan fingerprint density at radius 1 is 1.50 bits per heavy atom. The van der Waals surface area contributed by atoms with Crippen molar-refractivity contribution in [2.45, 2.75) is 26.7 Å². The molecule has 0 bridgehead atoms. The van der Waals surface area contributed by atoms with E-state index >= 15 is 0 Å². The zero-order valence-electron chi connectivity index (χ0n) is 8.13. The van der Waals surface area contributed by atoms with Crippen LogP contribution in [0.4, 0.5) is 0 Å². The Labute approximate surface area is 74.2 Å². The van der Waals surface area contributed by atoms with Crippen molar-refractivity contribution in [3.8, 4) is 0 Å². The van der Waals surface area contributed by atoms with Gasteiger partial charge in [0.25, 0.3) is 0 Å². The Hall–Kier alpha value is -0.570. The van der Waals surface area contributed by atoms with Crippen molar-refractivity contribution in [1.82, 2.24) is 5.32 Å². The number of nitrogens with one attached hydrogen (secondary N) is 1. The van der Waals surface area contributed by atoms with Gasteiger partial charge in [-0.15, -0.1) is 0 Å². The molecule has 0 rings (SSSR count). The fourth-order valence-corrected chi connectivity index (χ4v) is 1.44. The van der Waals surface area contributed by atoms with Crippen molar-refractivity contribution in [3.05, 3.63) is 0 Å². The van der Waals surface area contributed by atoms with Crippen LogP contribution in [0.25, 0.3) is 0 Å². The maximum Gasteiger partial charge on any atom is 0.303 e. The lowest BCUT2D eigenvalue weighted by atomic mass is 9.94. The Morgan fingerprint density at radius 3 is 2.42 bits per heavy atom. The molecule has 2 N–H and O–H groups in total. The lowest BCUT2D eigenvalue weighted by Crippen LogP contribution is -2.22. The summed E-state index contributed by atoms with van der Waals surface area (Å²) in [7, 11) is 1.86. The van der Waals surface area contributed by atoms with Gasteiger partial charge >= 0.3 is 5.97 Å². The lowest BCUT2D eigenvalue weighted by Gasteiger charge is -2.16. The van der Waals surface area contributed by atoms with E-state index in [2.05, 4.69) is 19.2 Å². The minimum Gasteiger partial charge on any atom is -0.481 e. The summed E-state index contributed by atoms with van der Waals surface area (Å²) in [6, 6.07) is 0. The van der Waals surface area contributed by atoms with E-state index in [1.807, 2.05) is 7.05 Å². The summed E-state index contributed by atoms with van der Waals surface area (Å²) in [5.41, 5.74) is 0. The Bertz CT molecular complexity index is 134. The summed E-state index contributed by atoms with van der Waals surface area (Å²) >= 11 is 0. The third kappa shape index (κ3) is 6.16. The predicted molar refractivity (Wildman–Crippen MR) is 49.1 cm³/mol. The molecule has 3 heteroatoms. The maximum atomic E-state index is 10.4. The maximum absolute atomic E-state index is 10.4. The number of hydrogen-bond acceptors (Lipinski definition) is 2. The van der Waals surface area contributed by atoms with Gasteiger partial charge in [-0.25, -0.2) is 0 Å². The van der Waals surface area contributed by atoms with Crippen LogP contribution < -0.4 is 5.32 Å². The quantitative estimate of drug-likeness (QED) is 0.637. The van der Waals surface area contributed by atoms with Gasteiger partial charge in [0.05, 0.1) is 0 Å². The highest BCUT2D eigenvalue weighted by Gasteiger charge is 2.13. The SMILES string of the molecule is CNC[C@@H](CC(=O)O)CC(C)C. The molecule has 0 unspecified atom stereocenters. The molecule has 0 heterocycles. The van der Waals surface area contributed by atoms with Crippen LogP contribution in [-0.4, -0.2) is 24.7 Å². The summed E-state index contributed by atoms with van der Waals surface area (Å²) in [4.78, 5) is 10.4. The Kier molecular flexibility index (Phi) is 5.72. The molecule has 72 valence electrons. The molecule has 0 saturated heterocycles. The molecule has 0 aliphatic rings. The molecule has 1 atom stereocenters. The minimum absolute atomic E-state index is 0.271. The molecule has 0 saturated carbocycles. The molecule has 0 aliphatic carbocycles. The van der Waals surface area contributed by atoms with E-state index in [4.69, 9.17) is 5.11 Å². The van der Waals surface area contributed by atoms with E-state index in [9.17, 15) is 4.79 Å². The van der Waals surface area contributed by atoms with Crippen LogP contribution in [-0.2, 0) is 4.79 Å². The molecule has 0 spiro atoms. The number of aliphatic carboxylic acids is 1. The van der Waals surface area contributed by atoms with Crippen molar-refractivity contribution in [1.29, 1.82) is 0 Å². The lowest BCUT2D eigenvalue weighted by molar-refractivity contribution is -0.138. The Morgan fingerprint density at radius 2 is 2.08 bits per heavy atom. The number of rotatable bonds is 6. The fraction of sp³-hybridized carbons (Fsp3) is 0.889. The highest BCUT2D eigenvalue weighted by Crippen LogP contribution is 2.14. The molecule has 0 aromatic heterocycles. The molecule has 0 fully saturated rings. The first-order valence-corrected chi connectivity index (χ1v) is 4.42. The highest BCUT2D eigenvalue weighted by molar-refractivity contribution is 5.67. The van der Waals surface area contributed by atoms with Gasteiger partial charge in [-0.1, -0.05) is 13.8 Å². The van der Waals surface area contributed by atoms with Gasteiger partial charge in [0, 0.05) is 6.42 Å². The van der Waals surface area contributed by atoms with Gasteiger partial charge in [-0.05, 0) is 31.8 Å². The van der Waals surface area contributed by atoms with E-state index in [-0.39, 0.29) is 12.3 Å². The van der Waals surface area contributed by atoms with E-state index in [1.54, 1.807) is 0 Å². The molecule has 0 aromatic rings. The first-order valence-electron chi connectivity index (χ1n) is 4.42. The average molecular weight is 173 g/mol. The molecule has 3 nitrogen and oxygen atoms in total. The van der Waals surface area contributed by atoms with Gasteiger partial charge in [0.2, 0.25) is 0 Å².